The van der Waals surface area contributed by atoms with Crippen LogP contribution in [0.25, 0.3) is 6.08 Å². The lowest BCUT2D eigenvalue weighted by atomic mass is 9.90. The summed E-state index contributed by atoms with van der Waals surface area (Å²) in [5.74, 6) is 0.167. The van der Waals surface area contributed by atoms with Crippen molar-refractivity contribution in [1.29, 1.82) is 0 Å². The number of ether oxygens (including phenoxy) is 3. The summed E-state index contributed by atoms with van der Waals surface area (Å²) in [6.45, 7) is 10.3. The Morgan fingerprint density at radius 1 is 1.00 bits per heavy atom. The molecule has 0 spiro atoms. The van der Waals surface area contributed by atoms with E-state index in [0.717, 1.165) is 68.1 Å². The molecule has 4 atom stereocenters. The fourth-order valence-electron chi connectivity index (χ4n) is 6.53. The summed E-state index contributed by atoms with van der Waals surface area (Å²) in [6, 6.07) is 25.1. The number of alkyl carbamates (subject to hydrolysis) is 1. The van der Waals surface area contributed by atoms with Crippen molar-refractivity contribution in [2.24, 2.45) is 5.92 Å². The molecule has 268 valence electrons. The summed E-state index contributed by atoms with van der Waals surface area (Å²) in [5, 5.41) is 17.8. The Hall–Kier alpha value is -4.18. The Kier molecular flexibility index (Phi) is 13.5. The van der Waals surface area contributed by atoms with Crippen LogP contribution in [0.4, 0.5) is 4.79 Å². The van der Waals surface area contributed by atoms with Gasteiger partial charge in [-0.2, -0.15) is 0 Å². The number of amides is 2. The molecule has 0 aromatic heterocycles. The number of rotatable bonds is 15. The first kappa shape index (κ1) is 37.1. The molecule has 9 nitrogen and oxygen atoms in total. The van der Waals surface area contributed by atoms with Crippen molar-refractivity contribution in [3.8, 4) is 5.75 Å². The zero-order valence-electron chi connectivity index (χ0n) is 29.7. The van der Waals surface area contributed by atoms with Crippen LogP contribution >= 0.6 is 0 Å². The van der Waals surface area contributed by atoms with Crippen molar-refractivity contribution in [1.82, 2.24) is 15.5 Å². The van der Waals surface area contributed by atoms with Gasteiger partial charge in [0.25, 0.3) is 0 Å². The molecule has 0 bridgehead atoms. The second-order valence-corrected chi connectivity index (χ2v) is 14.3. The van der Waals surface area contributed by atoms with Gasteiger partial charge < -0.3 is 30.0 Å². The molecule has 0 saturated carbocycles. The smallest absolute Gasteiger partial charge is 0.407 e. The molecule has 2 aliphatic rings. The van der Waals surface area contributed by atoms with Crippen LogP contribution in [0.15, 0.2) is 84.9 Å². The average molecular weight is 684 g/mol. The van der Waals surface area contributed by atoms with Gasteiger partial charge in [0.1, 0.15) is 18.0 Å². The fourth-order valence-corrected chi connectivity index (χ4v) is 6.53. The van der Waals surface area contributed by atoms with Gasteiger partial charge in [0.2, 0.25) is 5.91 Å². The van der Waals surface area contributed by atoms with Crippen LogP contribution in [0.3, 0.4) is 0 Å². The summed E-state index contributed by atoms with van der Waals surface area (Å²) in [7, 11) is 0. The predicted octanol–water partition coefficient (Wildman–Crippen LogP) is 6.11. The van der Waals surface area contributed by atoms with Crippen molar-refractivity contribution < 1.29 is 28.9 Å². The average Bonchev–Trinajstić information content (AvgIpc) is 3.50. The molecule has 3 aromatic rings. The molecular formula is C41H53N3O6. The molecule has 1 heterocycles. The second kappa shape index (κ2) is 18.2. The number of aryl methyl sites for hydroxylation is 1. The predicted molar refractivity (Wildman–Crippen MR) is 196 cm³/mol. The number of morpholine rings is 1. The van der Waals surface area contributed by atoms with Crippen LogP contribution in [0.1, 0.15) is 68.3 Å². The first-order valence-electron chi connectivity index (χ1n) is 17.9. The van der Waals surface area contributed by atoms with Gasteiger partial charge in [-0.25, -0.2) is 4.79 Å². The van der Waals surface area contributed by atoms with Crippen LogP contribution in [0.2, 0.25) is 0 Å². The highest BCUT2D eigenvalue weighted by Crippen LogP contribution is 2.31. The van der Waals surface area contributed by atoms with Crippen LogP contribution in [0.5, 0.6) is 5.75 Å². The SMILES string of the molecule is CC(C)(C)OC(=O)N[C@@H](Cc1ccccc1)[C@@H](O)C[C@@H](CC=Cc1ccc(OCCN2CCOCC2)cc1)C(=O)N[C@H]1CCc2ccccc21. The number of aliphatic hydroxyl groups is 1. The molecule has 50 heavy (non-hydrogen) atoms. The summed E-state index contributed by atoms with van der Waals surface area (Å²) >= 11 is 0. The number of nitrogens with zero attached hydrogens (tertiary/aromatic N) is 1. The molecule has 9 heteroatoms. The Morgan fingerprint density at radius 3 is 2.46 bits per heavy atom. The molecule has 1 saturated heterocycles. The third kappa shape index (κ3) is 11.7. The highest BCUT2D eigenvalue weighted by Gasteiger charge is 2.31. The minimum atomic E-state index is -1.00. The molecule has 3 aromatic carbocycles. The van der Waals surface area contributed by atoms with Crippen molar-refractivity contribution >= 4 is 18.1 Å². The topological polar surface area (TPSA) is 109 Å². The van der Waals surface area contributed by atoms with E-state index in [2.05, 4.69) is 27.7 Å². The third-order valence-electron chi connectivity index (χ3n) is 9.20. The van der Waals surface area contributed by atoms with E-state index in [4.69, 9.17) is 14.2 Å². The van der Waals surface area contributed by atoms with Crippen LogP contribution in [-0.2, 0) is 27.1 Å². The number of hydrogen-bond acceptors (Lipinski definition) is 7. The molecule has 3 N–H and O–H groups in total. The van der Waals surface area contributed by atoms with E-state index < -0.39 is 29.8 Å². The monoisotopic (exact) mass is 683 g/mol. The van der Waals surface area contributed by atoms with Gasteiger partial charge in [-0.05, 0) is 87.3 Å². The van der Waals surface area contributed by atoms with Gasteiger partial charge in [-0.1, -0.05) is 78.9 Å². The maximum absolute atomic E-state index is 13.9. The molecular weight excluding hydrogens is 630 g/mol. The maximum atomic E-state index is 13.9. The van der Waals surface area contributed by atoms with Crippen LogP contribution in [-0.4, -0.2) is 79.2 Å². The van der Waals surface area contributed by atoms with Gasteiger partial charge in [0, 0.05) is 25.6 Å². The fraction of sp³-hybridized carbons (Fsp3) is 0.463. The van der Waals surface area contributed by atoms with E-state index in [1.807, 2.05) is 78.9 Å². The third-order valence-corrected chi connectivity index (χ3v) is 9.20. The van der Waals surface area contributed by atoms with E-state index >= 15 is 0 Å². The van der Waals surface area contributed by atoms with E-state index in [9.17, 15) is 14.7 Å². The Morgan fingerprint density at radius 2 is 1.72 bits per heavy atom. The van der Waals surface area contributed by atoms with Gasteiger partial charge in [-0.3, -0.25) is 9.69 Å². The number of fused-ring (bicyclic) bond motifs is 1. The maximum Gasteiger partial charge on any atom is 0.407 e. The zero-order chi connectivity index (χ0) is 35.3. The number of nitrogens with one attached hydrogen (secondary N) is 2. The van der Waals surface area contributed by atoms with Gasteiger partial charge >= 0.3 is 6.09 Å². The molecule has 0 unspecified atom stereocenters. The summed E-state index contributed by atoms with van der Waals surface area (Å²) in [5.41, 5.74) is 3.67. The molecule has 5 rings (SSSR count). The van der Waals surface area contributed by atoms with E-state index in [-0.39, 0.29) is 18.4 Å². The minimum absolute atomic E-state index is 0.0712. The first-order valence-corrected chi connectivity index (χ1v) is 17.9. The quantitative estimate of drug-likeness (QED) is 0.178. The summed E-state index contributed by atoms with van der Waals surface area (Å²) in [4.78, 5) is 29.1. The van der Waals surface area contributed by atoms with E-state index in [0.29, 0.717) is 19.4 Å². The normalized spacial score (nSPS) is 18.2. The lowest BCUT2D eigenvalue weighted by molar-refractivity contribution is -0.126. The number of carbonyl (C=O) groups excluding carboxylic acids is 2. The second-order valence-electron chi connectivity index (χ2n) is 14.3. The van der Waals surface area contributed by atoms with E-state index in [1.165, 1.54) is 5.56 Å². The first-order chi connectivity index (χ1) is 24.1. The lowest BCUT2D eigenvalue weighted by Gasteiger charge is -2.29. The number of benzene rings is 3. The van der Waals surface area contributed by atoms with Crippen molar-refractivity contribution in [3.05, 3.63) is 107 Å². The Bertz CT molecular complexity index is 1530. The minimum Gasteiger partial charge on any atom is -0.492 e. The molecule has 2 amide bonds. The molecule has 1 aliphatic heterocycles. The Balaban J connectivity index is 1.25. The van der Waals surface area contributed by atoms with Gasteiger partial charge in [-0.15, -0.1) is 0 Å². The highest BCUT2D eigenvalue weighted by molar-refractivity contribution is 5.79. The van der Waals surface area contributed by atoms with Crippen molar-refractivity contribution in [2.75, 3.05) is 39.5 Å². The summed E-state index contributed by atoms with van der Waals surface area (Å²) in [6.07, 6.45) is 5.10. The number of aliphatic hydroxyl groups excluding tert-OH is 1. The number of hydrogen-bond donors (Lipinski definition) is 3. The van der Waals surface area contributed by atoms with Gasteiger partial charge in [0.15, 0.2) is 0 Å². The highest BCUT2D eigenvalue weighted by atomic mass is 16.6. The molecule has 1 fully saturated rings. The Labute approximate surface area is 297 Å². The van der Waals surface area contributed by atoms with E-state index in [1.54, 1.807) is 20.8 Å². The summed E-state index contributed by atoms with van der Waals surface area (Å²) < 4.78 is 16.9. The molecule has 0 radical (unpaired) electrons. The van der Waals surface area contributed by atoms with Crippen molar-refractivity contribution in [3.63, 3.8) is 0 Å². The van der Waals surface area contributed by atoms with Crippen LogP contribution in [0, 0.1) is 5.92 Å². The lowest BCUT2D eigenvalue weighted by Crippen LogP contribution is -2.48. The zero-order valence-corrected chi connectivity index (χ0v) is 29.7. The van der Waals surface area contributed by atoms with Crippen LogP contribution < -0.4 is 15.4 Å². The van der Waals surface area contributed by atoms with Gasteiger partial charge in [0.05, 0.1) is 31.4 Å². The van der Waals surface area contributed by atoms with Crippen molar-refractivity contribution in [2.45, 2.75) is 76.7 Å². The largest absolute Gasteiger partial charge is 0.492 e. The number of carbonyl (C=O) groups is 2. The number of allylic oxidation sites excluding steroid dienone is 1. The molecule has 1 aliphatic carbocycles. The standard InChI is InChI=1S/C41H53N3O6/c1-41(2,3)50-40(47)43-37(28-31-10-5-4-6-11-31)38(45)29-33(39(46)42-36-21-18-32-13-7-8-15-35(32)36)14-9-12-30-16-19-34(20-17-30)49-27-24-44-22-25-48-26-23-44/h4-13,15-17,19-20,33,36-38,45H,14,18,21-29H2,1-3H3,(H,42,46)(H,43,47)/t33-,36+,37+,38+/m1/s1.